The van der Waals surface area contributed by atoms with E-state index >= 15 is 0 Å². The second-order valence-corrected chi connectivity index (χ2v) is 3.94. The number of ether oxygens (including phenoxy) is 1. The lowest BCUT2D eigenvalue weighted by atomic mass is 10.1. The number of carbonyl (C=O) groups is 1. The Balaban J connectivity index is 2.89. The average molecular weight is 290 g/mol. The lowest BCUT2D eigenvalue weighted by molar-refractivity contribution is -0.139. The fourth-order valence-electron chi connectivity index (χ4n) is 1.07. The number of rotatable bonds is 2. The summed E-state index contributed by atoms with van der Waals surface area (Å²) in [6.07, 6.45) is 0.360. The van der Waals surface area contributed by atoms with Gasteiger partial charge in [-0.15, -0.1) is 0 Å². The second-order valence-electron chi connectivity index (χ2n) is 2.78. The van der Waals surface area contributed by atoms with Crippen LogP contribution in [0.4, 0.5) is 0 Å². The van der Waals surface area contributed by atoms with Crippen molar-refractivity contribution in [3.05, 3.63) is 32.9 Å². The Morgan fingerprint density at radius 3 is 2.85 bits per heavy atom. The standard InChI is InChI=1S/C10H11IO2/c1-7-8(6-10(12)13-2)4-3-5-9(7)11/h3-5H,6H2,1-2H3. The molecule has 2 nitrogen and oxygen atoms in total. The molecule has 0 saturated carbocycles. The van der Waals surface area contributed by atoms with Crippen LogP contribution in [0.2, 0.25) is 0 Å². The number of hydrogen-bond acceptors (Lipinski definition) is 2. The van der Waals surface area contributed by atoms with Crippen molar-refractivity contribution in [1.29, 1.82) is 0 Å². The zero-order valence-corrected chi connectivity index (χ0v) is 9.79. The maximum atomic E-state index is 11.0. The summed E-state index contributed by atoms with van der Waals surface area (Å²) >= 11 is 2.26. The molecule has 1 aromatic carbocycles. The van der Waals surface area contributed by atoms with Crippen molar-refractivity contribution in [2.75, 3.05) is 7.11 Å². The fourth-order valence-corrected chi connectivity index (χ4v) is 1.63. The molecule has 0 atom stereocenters. The predicted octanol–water partition coefficient (Wildman–Crippen LogP) is 2.32. The summed E-state index contributed by atoms with van der Waals surface area (Å²) in [5, 5.41) is 0. The third-order valence-corrected chi connectivity index (χ3v) is 3.11. The molecule has 1 aromatic rings. The predicted molar refractivity (Wildman–Crippen MR) is 59.6 cm³/mol. The molecule has 0 heterocycles. The molecule has 0 aliphatic rings. The Morgan fingerprint density at radius 1 is 1.54 bits per heavy atom. The molecular formula is C10H11IO2. The Bertz CT molecular complexity index is 321. The van der Waals surface area contributed by atoms with Crippen LogP contribution in [0.5, 0.6) is 0 Å². The smallest absolute Gasteiger partial charge is 0.309 e. The van der Waals surface area contributed by atoms with Crippen LogP contribution in [0.25, 0.3) is 0 Å². The topological polar surface area (TPSA) is 26.3 Å². The summed E-state index contributed by atoms with van der Waals surface area (Å²) in [6.45, 7) is 2.01. The fraction of sp³-hybridized carbons (Fsp3) is 0.300. The molecule has 1 rings (SSSR count). The molecule has 0 saturated heterocycles. The minimum Gasteiger partial charge on any atom is -0.469 e. The van der Waals surface area contributed by atoms with Crippen LogP contribution in [0, 0.1) is 10.5 Å². The summed E-state index contributed by atoms with van der Waals surface area (Å²) < 4.78 is 5.79. The Labute approximate surface area is 91.4 Å². The summed E-state index contributed by atoms with van der Waals surface area (Å²) in [5.41, 5.74) is 2.20. The van der Waals surface area contributed by atoms with Gasteiger partial charge < -0.3 is 4.74 Å². The van der Waals surface area contributed by atoms with Gasteiger partial charge in [0.25, 0.3) is 0 Å². The summed E-state index contributed by atoms with van der Waals surface area (Å²) in [7, 11) is 1.41. The van der Waals surface area contributed by atoms with Crippen molar-refractivity contribution in [3.63, 3.8) is 0 Å². The van der Waals surface area contributed by atoms with Gasteiger partial charge in [0.05, 0.1) is 13.5 Å². The summed E-state index contributed by atoms with van der Waals surface area (Å²) in [5.74, 6) is -0.190. The molecule has 0 spiro atoms. The molecule has 0 unspecified atom stereocenters. The van der Waals surface area contributed by atoms with Crippen molar-refractivity contribution >= 4 is 28.6 Å². The highest BCUT2D eigenvalue weighted by Gasteiger charge is 2.06. The van der Waals surface area contributed by atoms with Crippen LogP contribution in [0.3, 0.4) is 0 Å². The van der Waals surface area contributed by atoms with Crippen LogP contribution < -0.4 is 0 Å². The van der Waals surface area contributed by atoms with E-state index in [0.29, 0.717) is 6.42 Å². The van der Waals surface area contributed by atoms with Gasteiger partial charge in [0.2, 0.25) is 0 Å². The molecule has 0 N–H and O–H groups in total. The van der Waals surface area contributed by atoms with Gasteiger partial charge in [0, 0.05) is 3.57 Å². The van der Waals surface area contributed by atoms with E-state index in [4.69, 9.17) is 0 Å². The molecule has 0 aromatic heterocycles. The van der Waals surface area contributed by atoms with Crippen molar-refractivity contribution in [3.8, 4) is 0 Å². The van der Waals surface area contributed by atoms with E-state index in [9.17, 15) is 4.79 Å². The SMILES string of the molecule is COC(=O)Cc1cccc(I)c1C. The van der Waals surface area contributed by atoms with E-state index in [-0.39, 0.29) is 5.97 Å². The number of hydrogen-bond donors (Lipinski definition) is 0. The van der Waals surface area contributed by atoms with Gasteiger partial charge in [0.1, 0.15) is 0 Å². The van der Waals surface area contributed by atoms with E-state index in [1.54, 1.807) is 0 Å². The highest BCUT2D eigenvalue weighted by molar-refractivity contribution is 14.1. The first kappa shape index (κ1) is 10.5. The Kier molecular flexibility index (Phi) is 3.71. The van der Waals surface area contributed by atoms with Gasteiger partial charge in [0.15, 0.2) is 0 Å². The van der Waals surface area contributed by atoms with Crippen LogP contribution in [-0.2, 0) is 16.0 Å². The molecule has 0 amide bonds. The van der Waals surface area contributed by atoms with E-state index < -0.39 is 0 Å². The normalized spacial score (nSPS) is 9.77. The van der Waals surface area contributed by atoms with Gasteiger partial charge in [-0.3, -0.25) is 4.79 Å². The van der Waals surface area contributed by atoms with E-state index in [2.05, 4.69) is 27.3 Å². The van der Waals surface area contributed by atoms with Crippen molar-refractivity contribution in [2.45, 2.75) is 13.3 Å². The van der Waals surface area contributed by atoms with Crippen LogP contribution >= 0.6 is 22.6 Å². The monoisotopic (exact) mass is 290 g/mol. The molecule has 0 bridgehead atoms. The first-order chi connectivity index (χ1) is 6.15. The van der Waals surface area contributed by atoms with Gasteiger partial charge in [-0.2, -0.15) is 0 Å². The lowest BCUT2D eigenvalue weighted by Gasteiger charge is -2.05. The Morgan fingerprint density at radius 2 is 2.23 bits per heavy atom. The minimum absolute atomic E-state index is 0.190. The number of esters is 1. The first-order valence-electron chi connectivity index (χ1n) is 3.96. The average Bonchev–Trinajstić information content (AvgIpc) is 2.13. The molecule has 0 radical (unpaired) electrons. The van der Waals surface area contributed by atoms with Crippen LogP contribution in [0.15, 0.2) is 18.2 Å². The molecule has 3 heteroatoms. The maximum Gasteiger partial charge on any atom is 0.309 e. The highest BCUT2D eigenvalue weighted by atomic mass is 127. The van der Waals surface area contributed by atoms with E-state index in [1.807, 2.05) is 25.1 Å². The van der Waals surface area contributed by atoms with Crippen LogP contribution in [0.1, 0.15) is 11.1 Å². The summed E-state index contributed by atoms with van der Waals surface area (Å²) in [6, 6.07) is 5.93. The quantitative estimate of drug-likeness (QED) is 0.617. The molecule has 0 aliphatic heterocycles. The highest BCUT2D eigenvalue weighted by Crippen LogP contribution is 2.16. The molecule has 0 fully saturated rings. The molecular weight excluding hydrogens is 279 g/mol. The van der Waals surface area contributed by atoms with Gasteiger partial charge in [-0.05, 0) is 46.7 Å². The van der Waals surface area contributed by atoms with Gasteiger partial charge >= 0.3 is 5.97 Å². The number of halogens is 1. The van der Waals surface area contributed by atoms with Crippen molar-refractivity contribution < 1.29 is 9.53 Å². The molecule has 13 heavy (non-hydrogen) atoms. The number of methoxy groups -OCH3 is 1. The second kappa shape index (κ2) is 4.60. The summed E-state index contributed by atoms with van der Waals surface area (Å²) in [4.78, 5) is 11.0. The third kappa shape index (κ3) is 2.69. The lowest BCUT2D eigenvalue weighted by Crippen LogP contribution is -2.06. The molecule has 70 valence electrons. The number of carbonyl (C=O) groups excluding carboxylic acids is 1. The minimum atomic E-state index is -0.190. The van der Waals surface area contributed by atoms with E-state index in [1.165, 1.54) is 10.7 Å². The maximum absolute atomic E-state index is 11.0. The van der Waals surface area contributed by atoms with Crippen molar-refractivity contribution in [1.82, 2.24) is 0 Å². The number of benzene rings is 1. The zero-order valence-electron chi connectivity index (χ0n) is 7.63. The zero-order chi connectivity index (χ0) is 9.84. The van der Waals surface area contributed by atoms with Crippen molar-refractivity contribution in [2.24, 2.45) is 0 Å². The largest absolute Gasteiger partial charge is 0.469 e. The first-order valence-corrected chi connectivity index (χ1v) is 5.04. The third-order valence-electron chi connectivity index (χ3n) is 1.94. The molecule has 0 aliphatic carbocycles. The van der Waals surface area contributed by atoms with Gasteiger partial charge in [-0.25, -0.2) is 0 Å². The van der Waals surface area contributed by atoms with Gasteiger partial charge in [-0.1, -0.05) is 12.1 Å². The Hall–Kier alpha value is -0.580. The van der Waals surface area contributed by atoms with Crippen LogP contribution in [-0.4, -0.2) is 13.1 Å². The van der Waals surface area contributed by atoms with E-state index in [0.717, 1.165) is 11.1 Å².